The Morgan fingerprint density at radius 1 is 1.25 bits per heavy atom. The molecule has 0 aliphatic carbocycles. The zero-order valence-electron chi connectivity index (χ0n) is 12.7. The van der Waals surface area contributed by atoms with Crippen molar-refractivity contribution in [3.05, 3.63) is 59.4 Å². The molecule has 2 rings (SSSR count). The van der Waals surface area contributed by atoms with Crippen molar-refractivity contribution >= 4 is 12.4 Å². The van der Waals surface area contributed by atoms with Crippen molar-refractivity contribution in [2.24, 2.45) is 4.99 Å². The fraction of sp³-hybridized carbons (Fsp3) is 0.118. The molecule has 0 aliphatic rings. The summed E-state index contributed by atoms with van der Waals surface area (Å²) in [5.74, 6) is 0. The van der Waals surface area contributed by atoms with E-state index in [1.165, 1.54) is 0 Å². The number of benzene rings is 1. The van der Waals surface area contributed by atoms with Crippen LogP contribution in [0.15, 0.2) is 53.3 Å². The molecule has 4 nitrogen and oxygen atoms in total. The van der Waals surface area contributed by atoms with Gasteiger partial charge in [-0.1, -0.05) is 24.3 Å². The quantitative estimate of drug-likeness (QED) is 0.683. The third-order valence-corrected chi connectivity index (χ3v) is 3.30. The van der Waals surface area contributed by atoms with E-state index in [-0.39, 0.29) is 11.4 Å². The highest BCUT2D eigenvalue weighted by atomic mass is 19.4. The number of aromatic nitrogens is 1. The van der Waals surface area contributed by atoms with Gasteiger partial charge < -0.3 is 5.32 Å². The molecule has 122 valence electrons. The van der Waals surface area contributed by atoms with Gasteiger partial charge >= 0.3 is 6.18 Å². The number of hydrogen-bond donors (Lipinski definition) is 1. The first-order valence-corrected chi connectivity index (χ1v) is 6.83. The highest BCUT2D eigenvalue weighted by Gasteiger charge is 2.30. The molecule has 0 radical (unpaired) electrons. The monoisotopic (exact) mass is 330 g/mol. The smallest absolute Gasteiger partial charge is 0.378 e. The number of hydrogen-bond acceptors (Lipinski definition) is 4. The lowest BCUT2D eigenvalue weighted by Gasteiger charge is -2.09. The summed E-state index contributed by atoms with van der Waals surface area (Å²) in [7, 11) is 1.59. The summed E-state index contributed by atoms with van der Waals surface area (Å²) in [6.07, 6.45) is -3.30. The molecule has 0 atom stereocenters. The van der Waals surface area contributed by atoms with Crippen molar-refractivity contribution in [2.75, 3.05) is 7.05 Å². The van der Waals surface area contributed by atoms with Crippen LogP contribution in [0.1, 0.15) is 11.1 Å². The topological polar surface area (TPSA) is 61.1 Å². The van der Waals surface area contributed by atoms with Gasteiger partial charge in [0, 0.05) is 24.4 Å². The number of aliphatic imine (C=N–C) groups is 1. The Balaban J connectivity index is 2.42. The van der Waals surface area contributed by atoms with E-state index in [1.807, 2.05) is 6.07 Å². The second-order valence-corrected chi connectivity index (χ2v) is 4.75. The number of nitriles is 1. The van der Waals surface area contributed by atoms with E-state index >= 15 is 0 Å². The van der Waals surface area contributed by atoms with Crippen LogP contribution in [0.3, 0.4) is 0 Å². The molecule has 0 fully saturated rings. The summed E-state index contributed by atoms with van der Waals surface area (Å²) in [4.78, 5) is 7.80. The molecule has 0 amide bonds. The van der Waals surface area contributed by atoms with Crippen LogP contribution in [0.2, 0.25) is 0 Å². The molecule has 1 heterocycles. The van der Waals surface area contributed by atoms with Crippen LogP contribution in [0, 0.1) is 11.3 Å². The standard InChI is InChI=1S/C17H13F3N4/c1-22-15(10-21)16(23-2)12-5-3-11(4-6-12)14-9-13(7-8-24-14)17(18,19)20/h3-9,22H,2H2,1H3/b16-15-. The summed E-state index contributed by atoms with van der Waals surface area (Å²) in [6, 6.07) is 10.4. The number of alkyl halides is 3. The second-order valence-electron chi connectivity index (χ2n) is 4.75. The van der Waals surface area contributed by atoms with Crippen LogP contribution in [0.25, 0.3) is 17.0 Å². The summed E-state index contributed by atoms with van der Waals surface area (Å²) < 4.78 is 38.3. The first-order chi connectivity index (χ1) is 11.4. The fourth-order valence-corrected chi connectivity index (χ4v) is 2.11. The summed E-state index contributed by atoms with van der Waals surface area (Å²) in [5.41, 5.74) is 1.20. The molecular formula is C17H13F3N4. The molecule has 1 aromatic heterocycles. The Morgan fingerprint density at radius 3 is 2.42 bits per heavy atom. The Morgan fingerprint density at radius 2 is 1.92 bits per heavy atom. The lowest BCUT2D eigenvalue weighted by atomic mass is 10.0. The highest BCUT2D eigenvalue weighted by molar-refractivity contribution is 5.74. The molecule has 0 aliphatic heterocycles. The first-order valence-electron chi connectivity index (χ1n) is 6.83. The largest absolute Gasteiger partial charge is 0.416 e. The minimum absolute atomic E-state index is 0.211. The number of pyridine rings is 1. The number of nitrogens with one attached hydrogen (secondary N) is 1. The maximum absolute atomic E-state index is 12.8. The van der Waals surface area contributed by atoms with E-state index in [1.54, 1.807) is 31.3 Å². The van der Waals surface area contributed by atoms with Crippen molar-refractivity contribution < 1.29 is 13.2 Å². The van der Waals surface area contributed by atoms with E-state index in [0.717, 1.165) is 18.3 Å². The molecule has 0 bridgehead atoms. The van der Waals surface area contributed by atoms with E-state index < -0.39 is 11.7 Å². The van der Waals surface area contributed by atoms with Crippen molar-refractivity contribution in [3.63, 3.8) is 0 Å². The number of halogens is 3. The minimum atomic E-state index is -4.42. The fourth-order valence-electron chi connectivity index (χ4n) is 2.11. The van der Waals surface area contributed by atoms with Crippen molar-refractivity contribution in [1.29, 1.82) is 5.26 Å². The Kier molecular flexibility index (Phi) is 4.99. The van der Waals surface area contributed by atoms with Crippen molar-refractivity contribution in [1.82, 2.24) is 10.3 Å². The van der Waals surface area contributed by atoms with Gasteiger partial charge in [-0.05, 0) is 18.9 Å². The molecule has 1 N–H and O–H groups in total. The van der Waals surface area contributed by atoms with Crippen molar-refractivity contribution in [2.45, 2.75) is 6.18 Å². The number of allylic oxidation sites excluding steroid dienone is 1. The third kappa shape index (κ3) is 3.60. The molecule has 0 saturated heterocycles. The van der Waals surface area contributed by atoms with E-state index in [0.29, 0.717) is 16.8 Å². The maximum Gasteiger partial charge on any atom is 0.416 e. The molecule has 0 saturated carbocycles. The normalized spacial score (nSPS) is 12.1. The predicted octanol–water partition coefficient (Wildman–Crippen LogP) is 3.88. The van der Waals surface area contributed by atoms with Gasteiger partial charge in [0.05, 0.1) is 11.3 Å². The molecule has 0 spiro atoms. The summed E-state index contributed by atoms with van der Waals surface area (Å²) in [5, 5.41) is 11.8. The average Bonchev–Trinajstić information content (AvgIpc) is 2.59. The average molecular weight is 330 g/mol. The highest BCUT2D eigenvalue weighted by Crippen LogP contribution is 2.31. The lowest BCUT2D eigenvalue weighted by Crippen LogP contribution is -2.06. The van der Waals surface area contributed by atoms with Gasteiger partial charge in [-0.2, -0.15) is 18.4 Å². The lowest BCUT2D eigenvalue weighted by molar-refractivity contribution is -0.137. The van der Waals surface area contributed by atoms with E-state index in [4.69, 9.17) is 5.26 Å². The molecule has 24 heavy (non-hydrogen) atoms. The molecule has 1 aromatic carbocycles. The zero-order chi connectivity index (χ0) is 17.7. The van der Waals surface area contributed by atoms with E-state index in [2.05, 4.69) is 22.0 Å². The van der Waals surface area contributed by atoms with Gasteiger partial charge in [0.2, 0.25) is 0 Å². The van der Waals surface area contributed by atoms with Crippen LogP contribution >= 0.6 is 0 Å². The van der Waals surface area contributed by atoms with E-state index in [9.17, 15) is 13.2 Å². The summed E-state index contributed by atoms with van der Waals surface area (Å²) in [6.45, 7) is 3.44. The Hall–Kier alpha value is -3.14. The van der Waals surface area contributed by atoms with Gasteiger partial charge in [0.15, 0.2) is 0 Å². The van der Waals surface area contributed by atoms with Gasteiger partial charge in [0.1, 0.15) is 17.5 Å². The van der Waals surface area contributed by atoms with Gasteiger partial charge in [-0.3, -0.25) is 9.98 Å². The van der Waals surface area contributed by atoms with Crippen LogP contribution in [-0.4, -0.2) is 18.7 Å². The van der Waals surface area contributed by atoms with Crippen molar-refractivity contribution in [3.8, 4) is 17.3 Å². The first kappa shape index (κ1) is 17.2. The Bertz CT molecular complexity index is 815. The summed E-state index contributed by atoms with van der Waals surface area (Å²) >= 11 is 0. The number of nitrogens with zero attached hydrogens (tertiary/aromatic N) is 3. The van der Waals surface area contributed by atoms with Crippen LogP contribution in [0.5, 0.6) is 0 Å². The SMILES string of the molecule is C=N/C(=C(/C#N)NC)c1ccc(-c2cc(C(F)(F)F)ccn2)cc1. The van der Waals surface area contributed by atoms with Crippen LogP contribution in [-0.2, 0) is 6.18 Å². The zero-order valence-corrected chi connectivity index (χ0v) is 12.7. The molecular weight excluding hydrogens is 317 g/mol. The maximum atomic E-state index is 12.8. The van der Waals surface area contributed by atoms with Gasteiger partial charge in [-0.25, -0.2) is 0 Å². The predicted molar refractivity (Wildman–Crippen MR) is 85.8 cm³/mol. The number of rotatable bonds is 4. The Labute approximate surface area is 137 Å². The van der Waals surface area contributed by atoms with Crippen LogP contribution in [0.4, 0.5) is 13.2 Å². The molecule has 2 aromatic rings. The second kappa shape index (κ2) is 6.96. The van der Waals surface area contributed by atoms with Gasteiger partial charge in [0.25, 0.3) is 0 Å². The molecule has 7 heteroatoms. The third-order valence-electron chi connectivity index (χ3n) is 3.30. The van der Waals surface area contributed by atoms with Crippen LogP contribution < -0.4 is 5.32 Å². The minimum Gasteiger partial charge on any atom is -0.378 e. The van der Waals surface area contributed by atoms with Gasteiger partial charge in [-0.15, -0.1) is 0 Å². The molecule has 0 unspecified atom stereocenters.